The Balaban J connectivity index is 1.87. The van der Waals surface area contributed by atoms with E-state index < -0.39 is 12.0 Å². The van der Waals surface area contributed by atoms with E-state index in [1.54, 1.807) is 36.1 Å². The lowest BCUT2D eigenvalue weighted by Gasteiger charge is -2.35. The fourth-order valence-corrected chi connectivity index (χ4v) is 4.12. The Labute approximate surface area is 166 Å². The minimum absolute atomic E-state index is 0.0929. The molecule has 2 N–H and O–H groups in total. The summed E-state index contributed by atoms with van der Waals surface area (Å²) in [5, 5.41) is 12.8. The van der Waals surface area contributed by atoms with Crippen molar-refractivity contribution in [2.75, 3.05) is 13.2 Å². The summed E-state index contributed by atoms with van der Waals surface area (Å²) in [5.41, 5.74) is 1.72. The topological polar surface area (TPSA) is 78.9 Å². The number of aromatic hydroxyl groups is 1. The van der Waals surface area contributed by atoms with Crippen molar-refractivity contribution >= 4 is 12.0 Å². The van der Waals surface area contributed by atoms with Gasteiger partial charge in [0, 0.05) is 12.2 Å². The second-order valence-corrected chi connectivity index (χ2v) is 7.73. The van der Waals surface area contributed by atoms with Crippen LogP contribution < -0.4 is 5.32 Å². The quantitative estimate of drug-likeness (QED) is 0.716. The van der Waals surface area contributed by atoms with E-state index in [0.29, 0.717) is 35.9 Å². The molecule has 28 heavy (non-hydrogen) atoms. The zero-order valence-electron chi connectivity index (χ0n) is 16.7. The molecule has 0 spiro atoms. The Morgan fingerprint density at radius 1 is 1.29 bits per heavy atom. The van der Waals surface area contributed by atoms with Crippen LogP contribution in [0.4, 0.5) is 4.79 Å². The number of allylic oxidation sites excluding steroid dienone is 1. The number of phenolic OH excluding ortho intramolecular Hbond substituents is 1. The fraction of sp³-hybridized carbons (Fsp3) is 0.545. The summed E-state index contributed by atoms with van der Waals surface area (Å²) in [6.45, 7) is 4.73. The summed E-state index contributed by atoms with van der Waals surface area (Å²) in [6.07, 6.45) is 6.62. The van der Waals surface area contributed by atoms with Crippen molar-refractivity contribution < 1.29 is 19.4 Å². The van der Waals surface area contributed by atoms with Crippen LogP contribution in [0.3, 0.4) is 0 Å². The lowest BCUT2D eigenvalue weighted by Crippen LogP contribution is -2.48. The maximum Gasteiger partial charge on any atom is 0.338 e. The van der Waals surface area contributed by atoms with Crippen molar-refractivity contribution in [2.45, 2.75) is 58.4 Å². The first kappa shape index (κ1) is 20.2. The number of amides is 2. The van der Waals surface area contributed by atoms with Gasteiger partial charge in [-0.1, -0.05) is 38.3 Å². The lowest BCUT2D eigenvalue weighted by molar-refractivity contribution is -0.141. The van der Waals surface area contributed by atoms with Gasteiger partial charge in [0.1, 0.15) is 5.75 Å². The van der Waals surface area contributed by atoms with Crippen molar-refractivity contribution in [1.82, 2.24) is 10.2 Å². The predicted octanol–water partition coefficient (Wildman–Crippen LogP) is 4.27. The van der Waals surface area contributed by atoms with Gasteiger partial charge in [0.05, 0.1) is 18.2 Å². The first-order valence-electron chi connectivity index (χ1n) is 10.3. The third kappa shape index (κ3) is 4.49. The van der Waals surface area contributed by atoms with Crippen molar-refractivity contribution in [3.05, 3.63) is 41.1 Å². The number of hydrogen-bond acceptors (Lipinski definition) is 4. The Bertz CT molecular complexity index is 753. The summed E-state index contributed by atoms with van der Waals surface area (Å²) in [6, 6.07) is 5.76. The number of benzene rings is 1. The summed E-state index contributed by atoms with van der Waals surface area (Å²) in [7, 11) is 0. The van der Waals surface area contributed by atoms with Crippen LogP contribution in [0.25, 0.3) is 0 Å². The first-order valence-corrected chi connectivity index (χ1v) is 10.3. The maximum absolute atomic E-state index is 13.1. The van der Waals surface area contributed by atoms with Crippen molar-refractivity contribution in [1.29, 1.82) is 0 Å². The van der Waals surface area contributed by atoms with Crippen LogP contribution in [0.15, 0.2) is 35.5 Å². The van der Waals surface area contributed by atoms with Crippen LogP contribution in [0.5, 0.6) is 5.75 Å². The molecule has 6 nitrogen and oxygen atoms in total. The first-order chi connectivity index (χ1) is 13.5. The molecular formula is C22H30N2O4. The predicted molar refractivity (Wildman–Crippen MR) is 107 cm³/mol. The zero-order valence-corrected chi connectivity index (χ0v) is 16.7. The number of carbonyl (C=O) groups excluding carboxylic acids is 2. The molecule has 1 atom stereocenters. The summed E-state index contributed by atoms with van der Waals surface area (Å²) >= 11 is 0. The highest BCUT2D eigenvalue weighted by atomic mass is 16.5. The van der Waals surface area contributed by atoms with E-state index in [4.69, 9.17) is 4.74 Å². The molecule has 0 aromatic heterocycles. The summed E-state index contributed by atoms with van der Waals surface area (Å²) in [4.78, 5) is 27.3. The molecule has 0 bridgehead atoms. The van der Waals surface area contributed by atoms with Crippen LogP contribution in [0.1, 0.15) is 64.0 Å². The van der Waals surface area contributed by atoms with Gasteiger partial charge in [-0.15, -0.1) is 0 Å². The molecule has 1 aromatic rings. The molecule has 1 unspecified atom stereocenters. The van der Waals surface area contributed by atoms with E-state index in [9.17, 15) is 14.7 Å². The number of phenols is 1. The van der Waals surface area contributed by atoms with Gasteiger partial charge in [-0.2, -0.15) is 0 Å². The summed E-state index contributed by atoms with van der Waals surface area (Å²) < 4.78 is 5.70. The summed E-state index contributed by atoms with van der Waals surface area (Å²) in [5.74, 6) is 0.121. The minimum Gasteiger partial charge on any atom is -0.508 e. The SMILES string of the molecule is CCCN1C(=O)NC(c2cccc(O)c2)C(C(=O)OCC2CCCCC2)=C1C. The largest absolute Gasteiger partial charge is 0.508 e. The molecule has 1 fully saturated rings. The molecule has 0 radical (unpaired) electrons. The third-order valence-electron chi connectivity index (χ3n) is 5.64. The van der Waals surface area contributed by atoms with E-state index in [0.717, 1.165) is 19.3 Å². The van der Waals surface area contributed by atoms with Gasteiger partial charge in [0.25, 0.3) is 0 Å². The molecule has 1 aromatic carbocycles. The number of urea groups is 1. The number of hydrogen-bond donors (Lipinski definition) is 2. The van der Waals surface area contributed by atoms with Gasteiger partial charge in [-0.3, -0.25) is 4.90 Å². The molecular weight excluding hydrogens is 356 g/mol. The van der Waals surface area contributed by atoms with Crippen LogP contribution in [0.2, 0.25) is 0 Å². The van der Waals surface area contributed by atoms with Gasteiger partial charge >= 0.3 is 12.0 Å². The molecule has 3 rings (SSSR count). The molecule has 2 aliphatic rings. The van der Waals surface area contributed by atoms with Crippen LogP contribution in [-0.4, -0.2) is 35.2 Å². The average Bonchev–Trinajstić information content (AvgIpc) is 2.69. The maximum atomic E-state index is 13.1. The lowest BCUT2D eigenvalue weighted by atomic mass is 9.90. The van der Waals surface area contributed by atoms with Gasteiger partial charge in [0.2, 0.25) is 0 Å². The Morgan fingerprint density at radius 3 is 2.71 bits per heavy atom. The van der Waals surface area contributed by atoms with E-state index in [-0.39, 0.29) is 11.8 Å². The number of nitrogens with one attached hydrogen (secondary N) is 1. The highest BCUT2D eigenvalue weighted by molar-refractivity contribution is 5.95. The number of rotatable bonds is 6. The van der Waals surface area contributed by atoms with E-state index in [2.05, 4.69) is 5.32 Å². The Hall–Kier alpha value is -2.50. The van der Waals surface area contributed by atoms with Crippen molar-refractivity contribution in [3.8, 4) is 5.75 Å². The number of ether oxygens (including phenoxy) is 1. The van der Waals surface area contributed by atoms with Crippen LogP contribution in [0, 0.1) is 5.92 Å². The van der Waals surface area contributed by atoms with Crippen LogP contribution >= 0.6 is 0 Å². The Kier molecular flexibility index (Phi) is 6.60. The Morgan fingerprint density at radius 2 is 2.04 bits per heavy atom. The van der Waals surface area contributed by atoms with Crippen molar-refractivity contribution in [3.63, 3.8) is 0 Å². The average molecular weight is 386 g/mol. The number of esters is 1. The smallest absolute Gasteiger partial charge is 0.338 e. The fourth-order valence-electron chi connectivity index (χ4n) is 4.12. The highest BCUT2D eigenvalue weighted by Gasteiger charge is 2.36. The molecule has 1 saturated carbocycles. The molecule has 1 heterocycles. The molecule has 152 valence electrons. The van der Waals surface area contributed by atoms with Gasteiger partial charge in [-0.25, -0.2) is 9.59 Å². The highest BCUT2D eigenvalue weighted by Crippen LogP contribution is 2.33. The van der Waals surface area contributed by atoms with E-state index in [1.807, 2.05) is 6.92 Å². The van der Waals surface area contributed by atoms with Gasteiger partial charge in [-0.05, 0) is 49.8 Å². The molecule has 2 amide bonds. The second kappa shape index (κ2) is 9.13. The third-order valence-corrected chi connectivity index (χ3v) is 5.64. The molecule has 0 saturated heterocycles. The monoisotopic (exact) mass is 386 g/mol. The van der Waals surface area contributed by atoms with Gasteiger partial charge in [0.15, 0.2) is 0 Å². The number of carbonyl (C=O) groups is 2. The van der Waals surface area contributed by atoms with E-state index in [1.165, 1.54) is 19.3 Å². The minimum atomic E-state index is -0.633. The molecule has 6 heteroatoms. The normalized spacial score (nSPS) is 20.9. The second-order valence-electron chi connectivity index (χ2n) is 7.73. The zero-order chi connectivity index (χ0) is 20.1. The molecule has 1 aliphatic heterocycles. The van der Waals surface area contributed by atoms with Crippen LogP contribution in [-0.2, 0) is 9.53 Å². The number of nitrogens with zero attached hydrogens (tertiary/aromatic N) is 1. The molecule has 1 aliphatic carbocycles. The van der Waals surface area contributed by atoms with Gasteiger partial charge < -0.3 is 15.2 Å². The van der Waals surface area contributed by atoms with Crippen molar-refractivity contribution in [2.24, 2.45) is 5.92 Å². The standard InChI is InChI=1S/C22H30N2O4/c1-3-12-24-15(2)19(21(26)28-14-16-8-5-4-6-9-16)20(23-22(24)27)17-10-7-11-18(25)13-17/h7,10-11,13,16,20,25H,3-6,8-9,12,14H2,1-2H3,(H,23,27). The van der Waals surface area contributed by atoms with E-state index >= 15 is 0 Å².